The number of nitrogens with zero attached hydrogens (tertiary/aromatic N) is 1. The third-order valence-electron chi connectivity index (χ3n) is 3.14. The fraction of sp³-hybridized carbons (Fsp3) is 0.688. The summed E-state index contributed by atoms with van der Waals surface area (Å²) in [6, 6.07) is 4.26. The molecule has 6 heteroatoms. The third kappa shape index (κ3) is 7.24. The predicted octanol–water partition coefficient (Wildman–Crippen LogP) is 2.24. The van der Waals surface area contributed by atoms with Gasteiger partial charge in [0.15, 0.2) is 5.96 Å². The smallest absolute Gasteiger partial charge is 0.191 e. The molecule has 0 aliphatic heterocycles. The Labute approximate surface area is 138 Å². The summed E-state index contributed by atoms with van der Waals surface area (Å²) < 4.78 is 10.4. The first-order valence-corrected chi connectivity index (χ1v) is 8.61. The van der Waals surface area contributed by atoms with E-state index in [9.17, 15) is 0 Å². The summed E-state index contributed by atoms with van der Waals surface area (Å²) in [5.74, 6) is 0.836. The number of hydrogen-bond acceptors (Lipinski definition) is 4. The average Bonchev–Trinajstić information content (AvgIpc) is 3.03. The van der Waals surface area contributed by atoms with Crippen molar-refractivity contribution in [1.82, 2.24) is 10.6 Å². The molecule has 1 aromatic heterocycles. The van der Waals surface area contributed by atoms with Gasteiger partial charge in [-0.2, -0.15) is 0 Å². The van der Waals surface area contributed by atoms with Crippen molar-refractivity contribution < 1.29 is 9.47 Å². The minimum absolute atomic E-state index is 0.0471. The first-order valence-electron chi connectivity index (χ1n) is 7.73. The lowest BCUT2D eigenvalue weighted by molar-refractivity contribution is 0.0733. The molecule has 1 aromatic rings. The Morgan fingerprint density at radius 1 is 1.27 bits per heavy atom. The Morgan fingerprint density at radius 3 is 2.73 bits per heavy atom. The highest BCUT2D eigenvalue weighted by molar-refractivity contribution is 7.10. The van der Waals surface area contributed by atoms with Crippen LogP contribution in [0.2, 0.25) is 0 Å². The molecule has 1 rings (SSSR count). The zero-order valence-electron chi connectivity index (χ0n) is 14.1. The Balaban J connectivity index is 2.41. The van der Waals surface area contributed by atoms with Crippen LogP contribution in [-0.4, -0.2) is 52.5 Å². The molecule has 0 aliphatic rings. The van der Waals surface area contributed by atoms with Gasteiger partial charge in [0.1, 0.15) is 0 Å². The normalized spacial score (nSPS) is 12.5. The maximum atomic E-state index is 5.44. The molecule has 0 atom stereocenters. The molecule has 0 aromatic carbocycles. The van der Waals surface area contributed by atoms with Gasteiger partial charge in [-0.15, -0.1) is 11.3 Å². The van der Waals surface area contributed by atoms with Gasteiger partial charge in [0.05, 0.1) is 26.4 Å². The van der Waals surface area contributed by atoms with Gasteiger partial charge in [0, 0.05) is 30.5 Å². The fourth-order valence-electron chi connectivity index (χ4n) is 1.85. The van der Waals surface area contributed by atoms with E-state index >= 15 is 0 Å². The van der Waals surface area contributed by atoms with Crippen molar-refractivity contribution in [3.63, 3.8) is 0 Å². The van der Waals surface area contributed by atoms with E-state index < -0.39 is 0 Å². The number of thiophene rings is 1. The second-order valence-electron chi connectivity index (χ2n) is 5.59. The monoisotopic (exact) mass is 327 g/mol. The van der Waals surface area contributed by atoms with Gasteiger partial charge in [0.25, 0.3) is 0 Å². The van der Waals surface area contributed by atoms with Gasteiger partial charge < -0.3 is 20.1 Å². The summed E-state index contributed by atoms with van der Waals surface area (Å²) >= 11 is 1.78. The van der Waals surface area contributed by atoms with E-state index in [0.29, 0.717) is 19.8 Å². The molecule has 126 valence electrons. The maximum Gasteiger partial charge on any atom is 0.191 e. The standard InChI is InChI=1S/C16H29N3O2S/c1-5-17-15(18-8-9-21-11-10-20-4)19-13-16(2,3)14-7-6-12-22-14/h6-7,12H,5,8-11,13H2,1-4H3,(H2,17,18,19). The minimum Gasteiger partial charge on any atom is -0.382 e. The lowest BCUT2D eigenvalue weighted by Crippen LogP contribution is -2.40. The number of rotatable bonds is 10. The van der Waals surface area contributed by atoms with Crippen molar-refractivity contribution in [2.24, 2.45) is 4.99 Å². The van der Waals surface area contributed by atoms with Gasteiger partial charge in [-0.05, 0) is 18.4 Å². The number of methoxy groups -OCH3 is 1. The van der Waals surface area contributed by atoms with E-state index in [1.54, 1.807) is 18.4 Å². The number of nitrogens with one attached hydrogen (secondary N) is 2. The molecule has 0 fully saturated rings. The number of guanidine groups is 1. The van der Waals surface area contributed by atoms with Crippen LogP contribution >= 0.6 is 11.3 Å². The summed E-state index contributed by atoms with van der Waals surface area (Å²) in [6.07, 6.45) is 0. The molecule has 0 radical (unpaired) electrons. The van der Waals surface area contributed by atoms with Crippen molar-refractivity contribution in [3.8, 4) is 0 Å². The molecule has 0 saturated carbocycles. The van der Waals surface area contributed by atoms with Crippen molar-refractivity contribution in [3.05, 3.63) is 22.4 Å². The lowest BCUT2D eigenvalue weighted by atomic mass is 9.92. The minimum atomic E-state index is 0.0471. The topological polar surface area (TPSA) is 54.9 Å². The number of hydrogen-bond donors (Lipinski definition) is 2. The molecule has 0 spiro atoms. The number of aliphatic imine (C=N–C) groups is 1. The molecule has 0 bridgehead atoms. The largest absolute Gasteiger partial charge is 0.382 e. The molecule has 5 nitrogen and oxygen atoms in total. The molecular weight excluding hydrogens is 298 g/mol. The van der Waals surface area contributed by atoms with E-state index in [0.717, 1.165) is 25.6 Å². The van der Waals surface area contributed by atoms with E-state index in [2.05, 4.69) is 48.9 Å². The van der Waals surface area contributed by atoms with E-state index in [4.69, 9.17) is 14.5 Å². The zero-order chi connectivity index (χ0) is 16.3. The molecule has 1 heterocycles. The molecule has 0 unspecified atom stereocenters. The maximum absolute atomic E-state index is 5.44. The van der Waals surface area contributed by atoms with Crippen LogP contribution in [0.25, 0.3) is 0 Å². The van der Waals surface area contributed by atoms with Crippen LogP contribution in [0.15, 0.2) is 22.5 Å². The Hall–Kier alpha value is -1.11. The molecule has 22 heavy (non-hydrogen) atoms. The third-order valence-corrected chi connectivity index (χ3v) is 4.37. The summed E-state index contributed by atoms with van der Waals surface area (Å²) in [5, 5.41) is 8.67. The van der Waals surface area contributed by atoms with Crippen molar-refractivity contribution in [2.45, 2.75) is 26.2 Å². The Kier molecular flexibility index (Phi) is 9.11. The van der Waals surface area contributed by atoms with Crippen LogP contribution in [0.3, 0.4) is 0 Å². The van der Waals surface area contributed by atoms with Crippen LogP contribution in [0.1, 0.15) is 25.6 Å². The van der Waals surface area contributed by atoms with E-state index in [1.807, 2.05) is 0 Å². The second kappa shape index (κ2) is 10.6. The summed E-state index contributed by atoms with van der Waals surface area (Å²) in [6.45, 7) is 10.7. The van der Waals surface area contributed by atoms with Gasteiger partial charge in [0.2, 0.25) is 0 Å². The summed E-state index contributed by atoms with van der Waals surface area (Å²) in [4.78, 5) is 6.05. The molecular formula is C16H29N3O2S. The van der Waals surface area contributed by atoms with Crippen molar-refractivity contribution in [1.29, 1.82) is 0 Å². The van der Waals surface area contributed by atoms with Crippen LogP contribution in [0.4, 0.5) is 0 Å². The highest BCUT2D eigenvalue weighted by Crippen LogP contribution is 2.27. The predicted molar refractivity (Wildman–Crippen MR) is 94.0 cm³/mol. The van der Waals surface area contributed by atoms with E-state index in [-0.39, 0.29) is 5.41 Å². The average molecular weight is 327 g/mol. The highest BCUT2D eigenvalue weighted by atomic mass is 32.1. The van der Waals surface area contributed by atoms with Gasteiger partial charge in [-0.25, -0.2) is 0 Å². The highest BCUT2D eigenvalue weighted by Gasteiger charge is 2.21. The Morgan fingerprint density at radius 2 is 2.09 bits per heavy atom. The Bertz CT molecular complexity index is 419. The number of ether oxygens (including phenoxy) is 2. The fourth-order valence-corrected chi connectivity index (χ4v) is 2.69. The summed E-state index contributed by atoms with van der Waals surface area (Å²) in [7, 11) is 1.67. The van der Waals surface area contributed by atoms with Crippen molar-refractivity contribution in [2.75, 3.05) is 46.6 Å². The molecule has 0 amide bonds. The zero-order valence-corrected chi connectivity index (χ0v) is 15.0. The molecule has 2 N–H and O–H groups in total. The van der Waals surface area contributed by atoms with Gasteiger partial charge >= 0.3 is 0 Å². The van der Waals surface area contributed by atoms with Gasteiger partial charge in [-0.1, -0.05) is 19.9 Å². The SMILES string of the molecule is CCNC(=NCC(C)(C)c1cccs1)NCCOCCOC. The quantitative estimate of drug-likeness (QED) is 0.393. The van der Waals surface area contributed by atoms with Crippen molar-refractivity contribution >= 4 is 17.3 Å². The summed E-state index contributed by atoms with van der Waals surface area (Å²) in [5.41, 5.74) is 0.0471. The first-order chi connectivity index (χ1) is 10.6. The molecule has 0 aliphatic carbocycles. The lowest BCUT2D eigenvalue weighted by Gasteiger charge is -2.21. The van der Waals surface area contributed by atoms with Gasteiger partial charge in [-0.3, -0.25) is 4.99 Å². The van der Waals surface area contributed by atoms with Crippen LogP contribution < -0.4 is 10.6 Å². The van der Waals surface area contributed by atoms with E-state index in [1.165, 1.54) is 4.88 Å². The first kappa shape index (κ1) is 18.9. The van der Waals surface area contributed by atoms with Crippen LogP contribution in [0.5, 0.6) is 0 Å². The second-order valence-corrected chi connectivity index (χ2v) is 6.54. The molecule has 0 saturated heterocycles. The van der Waals surface area contributed by atoms with Crippen LogP contribution in [0, 0.1) is 0 Å². The van der Waals surface area contributed by atoms with Crippen LogP contribution in [-0.2, 0) is 14.9 Å².